The lowest BCUT2D eigenvalue weighted by molar-refractivity contribution is 0.0762. The van der Waals surface area contributed by atoms with E-state index in [9.17, 15) is 14.4 Å². The van der Waals surface area contributed by atoms with Gasteiger partial charge in [0.2, 0.25) is 0 Å². The van der Waals surface area contributed by atoms with Crippen molar-refractivity contribution < 1.29 is 19.1 Å². The second-order valence-corrected chi connectivity index (χ2v) is 10.6. The van der Waals surface area contributed by atoms with Gasteiger partial charge in [0.15, 0.2) is 5.01 Å². The lowest BCUT2D eigenvalue weighted by atomic mass is 9.99. The minimum atomic E-state index is -0.496. The normalized spacial score (nSPS) is 20.1. The second kappa shape index (κ2) is 9.90. The molecule has 0 saturated carbocycles. The number of methoxy groups -OCH3 is 1. The first-order chi connectivity index (χ1) is 17.3. The third kappa shape index (κ3) is 4.93. The molecule has 2 aliphatic rings. The smallest absolute Gasteiger partial charge is 0.409 e. The number of aryl methyl sites for hydroxylation is 1. The zero-order valence-corrected chi connectivity index (χ0v) is 21.4. The van der Waals surface area contributed by atoms with Crippen molar-refractivity contribution in [2.24, 2.45) is 0 Å². The van der Waals surface area contributed by atoms with Crippen LogP contribution in [0.1, 0.15) is 42.8 Å². The van der Waals surface area contributed by atoms with E-state index in [0.29, 0.717) is 23.7 Å². The van der Waals surface area contributed by atoms with Crippen LogP contribution in [0.4, 0.5) is 4.79 Å². The predicted molar refractivity (Wildman–Crippen MR) is 136 cm³/mol. The van der Waals surface area contributed by atoms with E-state index >= 15 is 0 Å². The number of aromatic amines is 1. The van der Waals surface area contributed by atoms with Crippen LogP contribution >= 0.6 is 11.3 Å². The van der Waals surface area contributed by atoms with Crippen LogP contribution < -0.4 is 10.6 Å². The minimum absolute atomic E-state index is 0.225. The first-order valence-electron chi connectivity index (χ1n) is 12.0. The van der Waals surface area contributed by atoms with Gasteiger partial charge in [-0.3, -0.25) is 9.59 Å². The highest BCUT2D eigenvalue weighted by atomic mass is 32.1. The van der Waals surface area contributed by atoms with E-state index in [4.69, 9.17) is 4.74 Å². The van der Waals surface area contributed by atoms with Gasteiger partial charge in [-0.1, -0.05) is 11.6 Å². The van der Waals surface area contributed by atoms with Gasteiger partial charge in [-0.25, -0.2) is 9.78 Å². The number of carbonyl (C=O) groups excluding carboxylic acids is 3. The van der Waals surface area contributed by atoms with Crippen LogP contribution in [-0.4, -0.2) is 83.6 Å². The Labute approximate surface area is 213 Å². The summed E-state index contributed by atoms with van der Waals surface area (Å²) in [4.78, 5) is 51.1. The number of likely N-dealkylation sites (tertiary alicyclic amines) is 1. The quantitative estimate of drug-likeness (QED) is 0.496. The fraction of sp³-hybridized carbons (Fsp3) is 0.440. The summed E-state index contributed by atoms with van der Waals surface area (Å²) in [5, 5.41) is 7.46. The highest BCUT2D eigenvalue weighted by Crippen LogP contribution is 2.25. The maximum atomic E-state index is 13.2. The highest BCUT2D eigenvalue weighted by molar-refractivity contribution is 7.13. The van der Waals surface area contributed by atoms with E-state index < -0.39 is 12.1 Å². The molecule has 0 aliphatic carbocycles. The van der Waals surface area contributed by atoms with Gasteiger partial charge >= 0.3 is 6.09 Å². The molecule has 4 heterocycles. The number of rotatable bonds is 4. The molecule has 3 amide bonds. The topological polar surface area (TPSA) is 120 Å². The molecule has 5 rings (SSSR count). The summed E-state index contributed by atoms with van der Waals surface area (Å²) < 4.78 is 4.89. The standard InChI is InChI=1S/C25H30N6O4S/c1-14-4-5-16-15(10-14)11-19(26-16)22(32)27-17-7-9-31(25(34)35-3)12-20(17)28-23(33)24-29-18-6-8-30(2)13-21(18)36-24/h4-5,10-11,17,20,26H,6-9,12-13H2,1-3H3,(H,27,32)(H,28,33)/t17-,20+/m0/s1. The fourth-order valence-corrected chi connectivity index (χ4v) is 5.93. The number of benzene rings is 1. The first-order valence-corrected chi connectivity index (χ1v) is 12.8. The van der Waals surface area contributed by atoms with Gasteiger partial charge in [0.05, 0.1) is 24.9 Å². The molecule has 10 nitrogen and oxygen atoms in total. The van der Waals surface area contributed by atoms with Crippen molar-refractivity contribution >= 4 is 40.1 Å². The first kappa shape index (κ1) is 24.3. The number of aromatic nitrogens is 2. The number of amides is 3. The number of hydrogen-bond donors (Lipinski definition) is 3. The van der Waals surface area contributed by atoms with Crippen LogP contribution in [-0.2, 0) is 17.7 Å². The second-order valence-electron chi connectivity index (χ2n) is 9.52. The van der Waals surface area contributed by atoms with E-state index in [2.05, 4.69) is 25.5 Å². The zero-order valence-electron chi connectivity index (χ0n) is 20.6. The number of ether oxygens (including phenoxy) is 1. The Hall–Kier alpha value is -3.44. The summed E-state index contributed by atoms with van der Waals surface area (Å²) in [7, 11) is 3.38. The molecule has 2 atom stereocenters. The van der Waals surface area contributed by atoms with Gasteiger partial charge in [0, 0.05) is 48.4 Å². The van der Waals surface area contributed by atoms with Gasteiger partial charge in [0.25, 0.3) is 11.8 Å². The van der Waals surface area contributed by atoms with E-state index in [1.54, 1.807) is 4.90 Å². The summed E-state index contributed by atoms with van der Waals surface area (Å²) in [5.74, 6) is -0.554. The SMILES string of the molecule is COC(=O)N1CC[C@H](NC(=O)c2cc3cc(C)ccc3[nH]2)[C@H](NC(=O)c2nc3c(s2)CN(C)CC3)C1. The number of fused-ring (bicyclic) bond motifs is 2. The predicted octanol–water partition coefficient (Wildman–Crippen LogP) is 2.29. The Morgan fingerprint density at radius 1 is 1.14 bits per heavy atom. The number of carbonyl (C=O) groups is 3. The summed E-state index contributed by atoms with van der Waals surface area (Å²) in [6.45, 7) is 4.33. The molecule has 0 bridgehead atoms. The highest BCUT2D eigenvalue weighted by Gasteiger charge is 2.35. The minimum Gasteiger partial charge on any atom is -0.453 e. The molecule has 0 unspecified atom stereocenters. The monoisotopic (exact) mass is 510 g/mol. The number of likely N-dealkylation sites (N-methyl/N-ethyl adjacent to an activating group) is 1. The summed E-state index contributed by atoms with van der Waals surface area (Å²) in [6, 6.07) is 6.92. The van der Waals surface area contributed by atoms with E-state index in [0.717, 1.165) is 46.5 Å². The third-order valence-corrected chi connectivity index (χ3v) is 7.90. The summed E-state index contributed by atoms with van der Waals surface area (Å²) >= 11 is 1.40. The van der Waals surface area contributed by atoms with Gasteiger partial charge in [0.1, 0.15) is 5.69 Å². The zero-order chi connectivity index (χ0) is 25.4. The molecule has 2 aliphatic heterocycles. The Morgan fingerprint density at radius 2 is 1.94 bits per heavy atom. The van der Waals surface area contributed by atoms with Crippen molar-refractivity contribution in [2.45, 2.75) is 38.4 Å². The van der Waals surface area contributed by atoms with E-state index in [-0.39, 0.29) is 24.4 Å². The van der Waals surface area contributed by atoms with Crippen molar-refractivity contribution in [3.63, 3.8) is 0 Å². The van der Waals surface area contributed by atoms with Crippen molar-refractivity contribution in [3.05, 3.63) is 51.1 Å². The van der Waals surface area contributed by atoms with Crippen molar-refractivity contribution in [3.8, 4) is 0 Å². The number of thiazole rings is 1. The number of nitrogens with one attached hydrogen (secondary N) is 3. The lowest BCUT2D eigenvalue weighted by Crippen LogP contribution is -2.61. The van der Waals surface area contributed by atoms with Crippen molar-refractivity contribution in [1.82, 2.24) is 30.4 Å². The fourth-order valence-electron chi connectivity index (χ4n) is 4.84. The van der Waals surface area contributed by atoms with Gasteiger partial charge in [-0.2, -0.15) is 0 Å². The van der Waals surface area contributed by atoms with Gasteiger partial charge in [-0.15, -0.1) is 11.3 Å². The van der Waals surface area contributed by atoms with Crippen LogP contribution in [0.5, 0.6) is 0 Å². The Bertz CT molecular complexity index is 1320. The number of nitrogens with zero attached hydrogens (tertiary/aromatic N) is 3. The molecule has 3 N–H and O–H groups in total. The molecule has 0 radical (unpaired) electrons. The molecule has 2 aromatic heterocycles. The molecule has 190 valence electrons. The van der Waals surface area contributed by atoms with E-state index in [1.807, 2.05) is 38.2 Å². The van der Waals surface area contributed by atoms with Crippen LogP contribution in [0.2, 0.25) is 0 Å². The Balaban J connectivity index is 1.33. The molecule has 1 fully saturated rings. The Morgan fingerprint density at radius 3 is 2.75 bits per heavy atom. The van der Waals surface area contributed by atoms with Crippen molar-refractivity contribution in [2.75, 3.05) is 33.8 Å². The molecular formula is C25H30N6O4S. The van der Waals surface area contributed by atoms with Crippen LogP contribution in [0, 0.1) is 6.92 Å². The number of H-pyrrole nitrogens is 1. The molecular weight excluding hydrogens is 480 g/mol. The van der Waals surface area contributed by atoms with Gasteiger partial charge < -0.3 is 30.2 Å². The van der Waals surface area contributed by atoms with Crippen molar-refractivity contribution in [1.29, 1.82) is 0 Å². The molecule has 3 aromatic rings. The molecule has 36 heavy (non-hydrogen) atoms. The summed E-state index contributed by atoms with van der Waals surface area (Å²) in [6.07, 6.45) is 0.833. The molecule has 0 spiro atoms. The Kier molecular flexibility index (Phi) is 6.67. The molecule has 1 saturated heterocycles. The summed E-state index contributed by atoms with van der Waals surface area (Å²) in [5.41, 5.74) is 3.42. The van der Waals surface area contributed by atoms with E-state index in [1.165, 1.54) is 18.4 Å². The maximum absolute atomic E-state index is 13.2. The third-order valence-electron chi connectivity index (χ3n) is 6.82. The lowest BCUT2D eigenvalue weighted by Gasteiger charge is -2.38. The molecule has 1 aromatic carbocycles. The van der Waals surface area contributed by atoms with Crippen LogP contribution in [0.15, 0.2) is 24.3 Å². The number of piperidine rings is 1. The van der Waals surface area contributed by atoms with Crippen LogP contribution in [0.25, 0.3) is 10.9 Å². The average molecular weight is 511 g/mol. The molecule has 11 heteroatoms. The largest absolute Gasteiger partial charge is 0.453 e. The number of hydrogen-bond acceptors (Lipinski definition) is 7. The van der Waals surface area contributed by atoms with Crippen LogP contribution in [0.3, 0.4) is 0 Å². The average Bonchev–Trinajstić information content (AvgIpc) is 3.48. The maximum Gasteiger partial charge on any atom is 0.409 e. The van der Waals surface area contributed by atoms with Gasteiger partial charge in [-0.05, 0) is 38.6 Å².